The summed E-state index contributed by atoms with van der Waals surface area (Å²) in [6, 6.07) is -1.99. The fraction of sp³-hybridized carbons (Fsp3) is 0.692. The van der Waals surface area contributed by atoms with Crippen LogP contribution in [0.25, 0.3) is 0 Å². The Bertz CT molecular complexity index is 409. The van der Waals surface area contributed by atoms with Crippen LogP contribution in [-0.2, 0) is 23.9 Å². The molecule has 0 aromatic heterocycles. The van der Waals surface area contributed by atoms with Crippen molar-refractivity contribution in [3.63, 3.8) is 0 Å². The second kappa shape index (κ2) is 8.93. The topological polar surface area (TPSA) is 128 Å². The van der Waals surface area contributed by atoms with Crippen LogP contribution in [0.1, 0.15) is 34.1 Å². The molecule has 0 rings (SSSR count). The molecular formula is C13H23N3O5. The summed E-state index contributed by atoms with van der Waals surface area (Å²) in [5.41, 5.74) is 5.16. The number of rotatable bonds is 8. The maximum Gasteiger partial charge on any atom is 0.308 e. The number of nitrogens with one attached hydrogen (secondary N) is 2. The van der Waals surface area contributed by atoms with E-state index in [1.807, 2.05) is 0 Å². The van der Waals surface area contributed by atoms with E-state index in [9.17, 15) is 19.2 Å². The minimum atomic E-state index is -1.17. The van der Waals surface area contributed by atoms with E-state index in [4.69, 9.17) is 10.5 Å². The Kier molecular flexibility index (Phi) is 8.03. The first kappa shape index (κ1) is 18.9. The van der Waals surface area contributed by atoms with Gasteiger partial charge in [-0.3, -0.25) is 19.2 Å². The molecule has 0 heterocycles. The molecule has 0 aromatic carbocycles. The lowest BCUT2D eigenvalue weighted by Crippen LogP contribution is -2.55. The Morgan fingerprint density at radius 3 is 2.10 bits per heavy atom. The minimum absolute atomic E-state index is 0.165. The zero-order chi connectivity index (χ0) is 16.6. The summed E-state index contributed by atoms with van der Waals surface area (Å²) in [7, 11) is 0. The third-order valence-corrected chi connectivity index (χ3v) is 2.64. The van der Waals surface area contributed by atoms with Crippen molar-refractivity contribution in [2.45, 2.75) is 46.2 Å². The van der Waals surface area contributed by atoms with E-state index in [0.29, 0.717) is 0 Å². The highest BCUT2D eigenvalue weighted by atomic mass is 16.5. The van der Waals surface area contributed by atoms with Crippen molar-refractivity contribution in [1.29, 1.82) is 0 Å². The molecule has 120 valence electrons. The highest BCUT2D eigenvalue weighted by molar-refractivity contribution is 5.93. The van der Waals surface area contributed by atoms with Gasteiger partial charge in [-0.25, -0.2) is 0 Å². The van der Waals surface area contributed by atoms with Crippen LogP contribution in [0.4, 0.5) is 0 Å². The molecule has 8 nitrogen and oxygen atoms in total. The molecule has 0 saturated heterocycles. The van der Waals surface area contributed by atoms with Gasteiger partial charge in [0.25, 0.3) is 0 Å². The van der Waals surface area contributed by atoms with Gasteiger partial charge in [-0.05, 0) is 12.8 Å². The van der Waals surface area contributed by atoms with E-state index >= 15 is 0 Å². The highest BCUT2D eigenvalue weighted by Gasteiger charge is 2.28. The molecule has 0 spiro atoms. The monoisotopic (exact) mass is 301 g/mol. The molecule has 2 atom stereocenters. The van der Waals surface area contributed by atoms with Gasteiger partial charge >= 0.3 is 5.97 Å². The van der Waals surface area contributed by atoms with Crippen LogP contribution < -0.4 is 16.4 Å². The van der Waals surface area contributed by atoms with Gasteiger partial charge in [0, 0.05) is 6.92 Å². The molecule has 0 aliphatic heterocycles. The zero-order valence-electron chi connectivity index (χ0n) is 12.8. The number of amides is 3. The molecule has 0 aromatic rings. The first-order chi connectivity index (χ1) is 9.68. The van der Waals surface area contributed by atoms with E-state index in [-0.39, 0.29) is 24.9 Å². The van der Waals surface area contributed by atoms with E-state index in [1.54, 1.807) is 20.8 Å². The molecule has 0 unspecified atom stereocenters. The first-order valence-corrected chi connectivity index (χ1v) is 6.71. The number of carbonyl (C=O) groups is 4. The van der Waals surface area contributed by atoms with Gasteiger partial charge in [0.2, 0.25) is 17.7 Å². The molecule has 0 aliphatic carbocycles. The van der Waals surface area contributed by atoms with Gasteiger partial charge in [-0.15, -0.1) is 0 Å². The molecule has 3 amide bonds. The molecule has 0 fully saturated rings. The number of hydrogen-bond acceptors (Lipinski definition) is 5. The number of primary amides is 1. The lowest BCUT2D eigenvalue weighted by atomic mass is 10.0. The molecule has 8 heteroatoms. The standard InChI is InChI=1S/C13H23N3O5/c1-5-21-10(18)6-9(12(14)19)16-13(20)11(7(2)3)15-8(4)17/h7,9,11H,5-6H2,1-4H3,(H2,14,19)(H,15,17)(H,16,20)/t9-,11-/m1/s1. The van der Waals surface area contributed by atoms with Crippen LogP contribution >= 0.6 is 0 Å². The van der Waals surface area contributed by atoms with E-state index in [1.165, 1.54) is 6.92 Å². The maximum atomic E-state index is 12.1. The quantitative estimate of drug-likeness (QED) is 0.499. The van der Waals surface area contributed by atoms with Crippen molar-refractivity contribution in [2.24, 2.45) is 11.7 Å². The summed E-state index contributed by atoms with van der Waals surface area (Å²) in [5.74, 6) is -2.62. The second-order valence-electron chi connectivity index (χ2n) is 4.89. The maximum absolute atomic E-state index is 12.1. The van der Waals surface area contributed by atoms with E-state index in [2.05, 4.69) is 10.6 Å². The number of carbonyl (C=O) groups excluding carboxylic acids is 4. The van der Waals surface area contributed by atoms with Gasteiger partial charge < -0.3 is 21.1 Å². The summed E-state index contributed by atoms with van der Waals surface area (Å²) in [6.45, 7) is 6.56. The van der Waals surface area contributed by atoms with Crippen molar-refractivity contribution < 1.29 is 23.9 Å². The van der Waals surface area contributed by atoms with Crippen molar-refractivity contribution in [1.82, 2.24) is 10.6 Å². The summed E-state index contributed by atoms with van der Waals surface area (Å²) >= 11 is 0. The third kappa shape index (κ3) is 7.28. The Morgan fingerprint density at radius 2 is 1.71 bits per heavy atom. The van der Waals surface area contributed by atoms with Crippen molar-refractivity contribution in [3.05, 3.63) is 0 Å². The van der Waals surface area contributed by atoms with Gasteiger partial charge in [-0.1, -0.05) is 13.8 Å². The lowest BCUT2D eigenvalue weighted by Gasteiger charge is -2.23. The second-order valence-corrected chi connectivity index (χ2v) is 4.89. The molecule has 0 radical (unpaired) electrons. The van der Waals surface area contributed by atoms with Gasteiger partial charge in [0.1, 0.15) is 12.1 Å². The van der Waals surface area contributed by atoms with Crippen molar-refractivity contribution in [3.8, 4) is 0 Å². The summed E-state index contributed by atoms with van der Waals surface area (Å²) in [6.07, 6.45) is -0.347. The predicted octanol–water partition coefficient (Wildman–Crippen LogP) is -0.930. The molecule has 21 heavy (non-hydrogen) atoms. The Morgan fingerprint density at radius 1 is 1.14 bits per heavy atom. The van der Waals surface area contributed by atoms with E-state index < -0.39 is 29.9 Å². The fourth-order valence-corrected chi connectivity index (χ4v) is 1.62. The van der Waals surface area contributed by atoms with Crippen LogP contribution in [0, 0.1) is 5.92 Å². The van der Waals surface area contributed by atoms with Crippen LogP contribution in [0.5, 0.6) is 0 Å². The van der Waals surface area contributed by atoms with Crippen LogP contribution in [0.3, 0.4) is 0 Å². The highest BCUT2D eigenvalue weighted by Crippen LogP contribution is 2.04. The van der Waals surface area contributed by atoms with Crippen LogP contribution in [0.2, 0.25) is 0 Å². The number of ether oxygens (including phenoxy) is 1. The average molecular weight is 301 g/mol. The van der Waals surface area contributed by atoms with Gasteiger partial charge in [0.15, 0.2) is 0 Å². The minimum Gasteiger partial charge on any atom is -0.466 e. The smallest absolute Gasteiger partial charge is 0.308 e. The molecule has 0 aliphatic rings. The van der Waals surface area contributed by atoms with Crippen LogP contribution in [-0.4, -0.2) is 42.4 Å². The molecule has 4 N–H and O–H groups in total. The zero-order valence-corrected chi connectivity index (χ0v) is 12.8. The number of nitrogens with two attached hydrogens (primary N) is 1. The third-order valence-electron chi connectivity index (χ3n) is 2.64. The average Bonchev–Trinajstić information content (AvgIpc) is 2.34. The Balaban J connectivity index is 4.82. The number of hydrogen-bond donors (Lipinski definition) is 3. The molecule has 0 saturated carbocycles. The van der Waals surface area contributed by atoms with Gasteiger partial charge in [-0.2, -0.15) is 0 Å². The van der Waals surface area contributed by atoms with Crippen molar-refractivity contribution in [2.75, 3.05) is 6.61 Å². The largest absolute Gasteiger partial charge is 0.466 e. The Labute approximate surface area is 123 Å². The summed E-state index contributed by atoms with van der Waals surface area (Å²) in [4.78, 5) is 45.8. The summed E-state index contributed by atoms with van der Waals surface area (Å²) in [5, 5.41) is 4.85. The normalized spacial score (nSPS) is 13.2. The fourth-order valence-electron chi connectivity index (χ4n) is 1.62. The SMILES string of the molecule is CCOC(=O)C[C@@H](NC(=O)[C@H](NC(C)=O)C(C)C)C(N)=O. The van der Waals surface area contributed by atoms with Crippen LogP contribution in [0.15, 0.2) is 0 Å². The predicted molar refractivity (Wildman–Crippen MR) is 74.8 cm³/mol. The molecule has 0 bridgehead atoms. The van der Waals surface area contributed by atoms with Crippen molar-refractivity contribution >= 4 is 23.7 Å². The number of esters is 1. The van der Waals surface area contributed by atoms with Gasteiger partial charge in [0.05, 0.1) is 13.0 Å². The summed E-state index contributed by atoms with van der Waals surface area (Å²) < 4.78 is 4.71. The Hall–Kier alpha value is -2.12. The first-order valence-electron chi connectivity index (χ1n) is 6.71. The lowest BCUT2D eigenvalue weighted by molar-refractivity contribution is -0.145. The molecular weight excluding hydrogens is 278 g/mol. The van der Waals surface area contributed by atoms with E-state index in [0.717, 1.165) is 0 Å².